The molecule has 3 aliphatic rings. The Bertz CT molecular complexity index is 1220. The van der Waals surface area contributed by atoms with Gasteiger partial charge in [0.25, 0.3) is 0 Å². The molecule has 0 bridgehead atoms. The van der Waals surface area contributed by atoms with Gasteiger partial charge in [-0.3, -0.25) is 9.29 Å². The minimum Gasteiger partial charge on any atom is -0.393 e. The first-order chi connectivity index (χ1) is 17.8. The molecule has 1 saturated heterocycles. The van der Waals surface area contributed by atoms with Crippen LogP contribution in [0.3, 0.4) is 0 Å². The molecular weight excluding hydrogens is 516 g/mol. The van der Waals surface area contributed by atoms with Crippen LogP contribution in [-0.4, -0.2) is 77.0 Å². The highest BCUT2D eigenvalue weighted by Crippen LogP contribution is 2.42. The predicted octanol–water partition coefficient (Wildman–Crippen LogP) is 2.78. The number of aromatic amines is 1. The van der Waals surface area contributed by atoms with Crippen molar-refractivity contribution < 1.29 is 18.3 Å². The summed E-state index contributed by atoms with van der Waals surface area (Å²) >= 11 is 1.44. The molecule has 1 aromatic carbocycles. The number of hydrogen-bond donors (Lipinski definition) is 3. The van der Waals surface area contributed by atoms with Gasteiger partial charge in [0.15, 0.2) is 0 Å². The Morgan fingerprint density at radius 3 is 2.78 bits per heavy atom. The number of aliphatic hydroxyl groups excluding tert-OH is 1. The molecule has 3 atom stereocenters. The monoisotopic (exact) mass is 552 g/mol. The largest absolute Gasteiger partial charge is 0.393 e. The van der Waals surface area contributed by atoms with Crippen molar-refractivity contribution in [3.63, 3.8) is 0 Å². The predicted molar refractivity (Wildman–Crippen MR) is 150 cm³/mol. The molecule has 5 nitrogen and oxygen atoms in total. The Morgan fingerprint density at radius 1 is 1.27 bits per heavy atom. The minimum absolute atomic E-state index is 0.0566. The fraction of sp³-hybridized carbons (Fsp3) is 0.556. The third-order valence-electron chi connectivity index (χ3n) is 7.40. The number of nitrogens with zero attached hydrogens (tertiary/aromatic N) is 2. The number of hydrogen-bond acceptors (Lipinski definition) is 5. The first-order valence-corrected chi connectivity index (χ1v) is 14.5. The first-order valence-electron chi connectivity index (χ1n) is 13.0. The smallest absolute Gasteiger partial charge is 0.144 e. The van der Waals surface area contributed by atoms with Crippen molar-refractivity contribution in [2.45, 2.75) is 49.6 Å². The molecule has 0 saturated carbocycles. The highest BCUT2D eigenvalue weighted by molar-refractivity contribution is 7.97. The fourth-order valence-corrected chi connectivity index (χ4v) is 7.63. The molecule has 0 amide bonds. The molecule has 0 spiro atoms. The van der Waals surface area contributed by atoms with E-state index in [9.17, 15) is 13.9 Å². The molecule has 10 heteroatoms. The lowest BCUT2D eigenvalue weighted by atomic mass is 10.0. The summed E-state index contributed by atoms with van der Waals surface area (Å²) in [6.07, 6.45) is 7.67. The second-order valence-electron chi connectivity index (χ2n) is 10.6. The number of benzene rings is 1. The molecule has 0 radical (unpaired) electrons. The van der Waals surface area contributed by atoms with Crippen molar-refractivity contribution in [1.29, 1.82) is 0 Å². The third-order valence-corrected chi connectivity index (χ3v) is 9.17. The van der Waals surface area contributed by atoms with E-state index >= 15 is 4.39 Å². The summed E-state index contributed by atoms with van der Waals surface area (Å²) in [6.45, 7) is 3.59. The van der Waals surface area contributed by atoms with Crippen LogP contribution in [0.5, 0.6) is 0 Å². The first kappa shape index (κ1) is 27.1. The number of rotatable bonds is 9. The standard InChI is InChI=1S/C27H36F3N4OPS/c1-27(30,16-35)15-34-10-7-20-19-5-2-3-6-22(19)32-25(20)26(37-34)24-21(29)11-17(12-23(24)36)31-18-13-33(14-18)9-4-8-28/h5-6,11-12,18,26,31-32,35H,2-4,7-10,13-16,36H2,1H3. The molecule has 2 aliphatic heterocycles. The van der Waals surface area contributed by atoms with E-state index in [0.29, 0.717) is 18.5 Å². The molecule has 1 aliphatic carbocycles. The summed E-state index contributed by atoms with van der Waals surface area (Å²) < 4.78 is 45.1. The van der Waals surface area contributed by atoms with Gasteiger partial charge in [-0.1, -0.05) is 24.1 Å². The molecule has 37 heavy (non-hydrogen) atoms. The van der Waals surface area contributed by atoms with Crippen LogP contribution in [0, 0.1) is 5.82 Å². The number of alkyl halides is 2. The van der Waals surface area contributed by atoms with Gasteiger partial charge >= 0.3 is 0 Å². The Balaban J connectivity index is 1.44. The van der Waals surface area contributed by atoms with Gasteiger partial charge in [0, 0.05) is 55.0 Å². The zero-order valence-corrected chi connectivity index (χ0v) is 23.2. The van der Waals surface area contributed by atoms with Crippen molar-refractivity contribution in [1.82, 2.24) is 14.2 Å². The van der Waals surface area contributed by atoms with Crippen LogP contribution in [0.15, 0.2) is 12.1 Å². The number of anilines is 1. The van der Waals surface area contributed by atoms with Crippen molar-refractivity contribution in [3.8, 4) is 0 Å². The second-order valence-corrected chi connectivity index (χ2v) is 12.4. The number of fused-ring (bicyclic) bond motifs is 3. The van der Waals surface area contributed by atoms with Gasteiger partial charge in [0.1, 0.15) is 11.5 Å². The number of likely N-dealkylation sites (tertiary alicyclic amines) is 1. The van der Waals surface area contributed by atoms with E-state index in [1.165, 1.54) is 29.7 Å². The number of halogens is 3. The van der Waals surface area contributed by atoms with E-state index in [1.807, 2.05) is 10.4 Å². The quantitative estimate of drug-likeness (QED) is 0.330. The Labute approximate surface area is 222 Å². The van der Waals surface area contributed by atoms with Crippen molar-refractivity contribution in [2.24, 2.45) is 0 Å². The molecule has 202 valence electrons. The normalized spacial score (nSPS) is 22.2. The summed E-state index contributed by atoms with van der Waals surface area (Å²) in [5, 5.41) is 15.6. The molecule has 3 N–H and O–H groups in total. The van der Waals surface area contributed by atoms with E-state index < -0.39 is 12.3 Å². The van der Waals surface area contributed by atoms with Crippen LogP contribution in [-0.2, 0) is 6.42 Å². The van der Waals surface area contributed by atoms with Gasteiger partial charge in [-0.15, -0.1) is 9.24 Å². The van der Waals surface area contributed by atoms with Crippen LogP contribution < -0.4 is 21.2 Å². The SMILES string of the molecule is CC(F)(CO)CN1CCc2c([nH]c3c2=CCCC=3)C(c2c(F)cc(NC3CN(CCCF)C3)cc2P)S1. The molecule has 1 aromatic heterocycles. The van der Waals surface area contributed by atoms with Gasteiger partial charge in [-0.25, -0.2) is 13.1 Å². The van der Waals surface area contributed by atoms with Crippen LogP contribution in [0.2, 0.25) is 0 Å². The lowest BCUT2D eigenvalue weighted by molar-refractivity contribution is 0.0716. The maximum atomic E-state index is 15.9. The average molecular weight is 553 g/mol. The summed E-state index contributed by atoms with van der Waals surface area (Å²) in [6, 6.07) is 3.72. The third kappa shape index (κ3) is 5.91. The Hall–Kier alpha value is -1.51. The fourth-order valence-electron chi connectivity index (χ4n) is 5.52. The Morgan fingerprint density at radius 2 is 2.05 bits per heavy atom. The van der Waals surface area contributed by atoms with Crippen LogP contribution in [0.25, 0.3) is 12.2 Å². The van der Waals surface area contributed by atoms with Crippen LogP contribution in [0.1, 0.15) is 48.3 Å². The number of aromatic nitrogens is 1. The molecule has 5 rings (SSSR count). The lowest BCUT2D eigenvalue weighted by Gasteiger charge is -2.40. The summed E-state index contributed by atoms with van der Waals surface area (Å²) in [7, 11) is 2.69. The molecule has 2 aromatic rings. The zero-order valence-electron chi connectivity index (χ0n) is 21.2. The van der Waals surface area contributed by atoms with Crippen molar-refractivity contribution in [2.75, 3.05) is 51.3 Å². The maximum Gasteiger partial charge on any atom is 0.144 e. The van der Waals surface area contributed by atoms with Gasteiger partial charge in [0.2, 0.25) is 0 Å². The van der Waals surface area contributed by atoms with Gasteiger partial charge < -0.3 is 15.4 Å². The van der Waals surface area contributed by atoms with Gasteiger partial charge in [-0.2, -0.15) is 0 Å². The van der Waals surface area contributed by atoms with Crippen LogP contribution >= 0.6 is 21.2 Å². The van der Waals surface area contributed by atoms with E-state index in [2.05, 4.69) is 36.6 Å². The van der Waals surface area contributed by atoms with Crippen molar-refractivity contribution in [3.05, 3.63) is 45.3 Å². The highest BCUT2D eigenvalue weighted by atomic mass is 32.2. The van der Waals surface area contributed by atoms with Crippen LogP contribution in [0.4, 0.5) is 18.9 Å². The van der Waals surface area contributed by atoms with Crippen molar-refractivity contribution >= 4 is 44.3 Å². The van der Waals surface area contributed by atoms with E-state index in [4.69, 9.17) is 0 Å². The maximum absolute atomic E-state index is 15.9. The molecular formula is C27H36F3N4OPS. The van der Waals surface area contributed by atoms with Gasteiger partial charge in [-0.05, 0) is 60.8 Å². The molecule has 1 fully saturated rings. The summed E-state index contributed by atoms with van der Waals surface area (Å²) in [5.74, 6) is -0.306. The summed E-state index contributed by atoms with van der Waals surface area (Å²) in [4.78, 5) is 5.77. The minimum atomic E-state index is -1.74. The van der Waals surface area contributed by atoms with Gasteiger partial charge in [0.05, 0.1) is 24.6 Å². The Kier molecular flexibility index (Phi) is 8.27. The number of aliphatic hydroxyl groups is 1. The zero-order chi connectivity index (χ0) is 26.2. The van der Waals surface area contributed by atoms with E-state index in [0.717, 1.165) is 60.9 Å². The molecule has 3 unspecified atom stereocenters. The highest BCUT2D eigenvalue weighted by Gasteiger charge is 2.35. The topological polar surface area (TPSA) is 54.5 Å². The number of H-pyrrole nitrogens is 1. The molecule has 3 heterocycles. The van der Waals surface area contributed by atoms with E-state index in [1.54, 1.807) is 6.07 Å². The second kappa shape index (κ2) is 11.3. The number of nitrogens with one attached hydrogen (secondary N) is 2. The lowest BCUT2D eigenvalue weighted by Crippen LogP contribution is -2.54. The average Bonchev–Trinajstić information content (AvgIpc) is 3.12. The van der Waals surface area contributed by atoms with E-state index in [-0.39, 0.29) is 30.3 Å². The summed E-state index contributed by atoms with van der Waals surface area (Å²) in [5.41, 5.74) is 1.69.